The van der Waals surface area contributed by atoms with Crippen molar-refractivity contribution in [3.05, 3.63) is 12.2 Å². The fraction of sp³-hybridized carbons (Fsp3) is 0.571. The lowest BCUT2D eigenvalue weighted by molar-refractivity contribution is 1.17. The quantitative estimate of drug-likeness (QED) is 0.390. The van der Waals surface area contributed by atoms with Crippen LogP contribution in [0.2, 0.25) is 0 Å². The lowest BCUT2D eigenvalue weighted by Crippen LogP contribution is -1.69. The van der Waals surface area contributed by atoms with Crippen molar-refractivity contribution in [3.63, 3.8) is 0 Å². The molecule has 0 spiro atoms. The Morgan fingerprint density at radius 3 is 2.62 bits per heavy atom. The van der Waals surface area contributed by atoms with Gasteiger partial charge in [-0.1, -0.05) is 19.1 Å². The summed E-state index contributed by atoms with van der Waals surface area (Å²) in [6.07, 6.45) is 7.12. The first-order valence-corrected chi connectivity index (χ1v) is 3.01. The molecule has 0 fully saturated rings. The molecular formula is C7H13N. The number of hydrogen-bond donors (Lipinski definition) is 0. The molecule has 0 atom stereocenters. The summed E-state index contributed by atoms with van der Waals surface area (Å²) >= 11 is 0. The molecule has 0 saturated heterocycles. The first-order valence-electron chi connectivity index (χ1n) is 3.01. The van der Waals surface area contributed by atoms with Crippen molar-refractivity contribution in [1.82, 2.24) is 0 Å². The van der Waals surface area contributed by atoms with Gasteiger partial charge in [-0.15, -0.1) is 0 Å². The number of hydrogen-bond acceptors (Lipinski definition) is 1. The Balaban J connectivity index is 3.03. The molecule has 0 aromatic carbocycles. The second-order valence-electron chi connectivity index (χ2n) is 1.50. The Morgan fingerprint density at radius 2 is 2.12 bits per heavy atom. The third kappa shape index (κ3) is 5.41. The van der Waals surface area contributed by atoms with Gasteiger partial charge in [0, 0.05) is 0 Å². The van der Waals surface area contributed by atoms with Gasteiger partial charge in [0.2, 0.25) is 0 Å². The first-order chi connectivity index (χ1) is 3.91. The zero-order valence-electron chi connectivity index (χ0n) is 5.59. The molecule has 0 bridgehead atoms. The van der Waals surface area contributed by atoms with E-state index in [1.807, 2.05) is 13.1 Å². The molecule has 0 aliphatic carbocycles. The predicted molar refractivity (Wildman–Crippen MR) is 38.5 cm³/mol. The van der Waals surface area contributed by atoms with Crippen molar-refractivity contribution in [1.29, 1.82) is 0 Å². The van der Waals surface area contributed by atoms with E-state index in [1.165, 1.54) is 0 Å². The van der Waals surface area contributed by atoms with Crippen LogP contribution in [-0.4, -0.2) is 12.8 Å². The van der Waals surface area contributed by atoms with Crippen LogP contribution in [0.15, 0.2) is 17.1 Å². The van der Waals surface area contributed by atoms with Gasteiger partial charge in [0.1, 0.15) is 0 Å². The van der Waals surface area contributed by atoms with Gasteiger partial charge in [0.05, 0.1) is 6.54 Å². The molecule has 0 aromatic rings. The van der Waals surface area contributed by atoms with E-state index in [9.17, 15) is 0 Å². The minimum Gasteiger partial charge on any atom is -0.294 e. The van der Waals surface area contributed by atoms with Crippen molar-refractivity contribution >= 4 is 6.21 Å². The summed E-state index contributed by atoms with van der Waals surface area (Å²) in [6.45, 7) is 4.89. The van der Waals surface area contributed by atoms with Gasteiger partial charge < -0.3 is 0 Å². The molecule has 46 valence electrons. The van der Waals surface area contributed by atoms with E-state index in [0.717, 1.165) is 13.0 Å². The molecule has 0 aliphatic rings. The van der Waals surface area contributed by atoms with Gasteiger partial charge in [-0.3, -0.25) is 4.99 Å². The Labute approximate surface area is 51.1 Å². The predicted octanol–water partition coefficient (Wildman–Crippen LogP) is 2.04. The number of aliphatic imine (C=N–C) groups is 1. The number of nitrogens with zero attached hydrogens (tertiary/aromatic N) is 1. The first kappa shape index (κ1) is 7.41. The largest absolute Gasteiger partial charge is 0.294 e. The molecule has 0 amide bonds. The van der Waals surface area contributed by atoms with Gasteiger partial charge in [-0.05, 0) is 19.6 Å². The van der Waals surface area contributed by atoms with Crippen LogP contribution in [0.3, 0.4) is 0 Å². The minimum absolute atomic E-state index is 0.838. The van der Waals surface area contributed by atoms with Gasteiger partial charge >= 0.3 is 0 Å². The second-order valence-corrected chi connectivity index (χ2v) is 1.50. The maximum absolute atomic E-state index is 4.00. The number of rotatable bonds is 3. The third-order valence-corrected chi connectivity index (χ3v) is 0.796. The maximum Gasteiger partial charge on any atom is 0.0566 e. The van der Waals surface area contributed by atoms with Gasteiger partial charge in [-0.25, -0.2) is 0 Å². The summed E-state index contributed by atoms with van der Waals surface area (Å²) in [4.78, 5) is 4.00. The fourth-order valence-electron chi connectivity index (χ4n) is 0.407. The summed E-state index contributed by atoms with van der Waals surface area (Å²) in [5, 5.41) is 0. The lowest BCUT2D eigenvalue weighted by atomic mass is 10.4. The average Bonchev–Trinajstić information content (AvgIpc) is 1.81. The SMILES string of the molecule is CC=NCC=CCC. The Bertz CT molecular complexity index is 82.4. The molecule has 0 saturated carbocycles. The smallest absolute Gasteiger partial charge is 0.0566 e. The van der Waals surface area contributed by atoms with E-state index < -0.39 is 0 Å². The fourth-order valence-corrected chi connectivity index (χ4v) is 0.407. The third-order valence-electron chi connectivity index (χ3n) is 0.796. The highest BCUT2D eigenvalue weighted by Crippen LogP contribution is 1.78. The van der Waals surface area contributed by atoms with E-state index in [1.54, 1.807) is 0 Å². The number of allylic oxidation sites excluding steroid dienone is 1. The van der Waals surface area contributed by atoms with E-state index >= 15 is 0 Å². The second kappa shape index (κ2) is 6.41. The molecule has 0 aliphatic heterocycles. The van der Waals surface area contributed by atoms with E-state index in [4.69, 9.17) is 0 Å². The van der Waals surface area contributed by atoms with Crippen molar-refractivity contribution in [3.8, 4) is 0 Å². The monoisotopic (exact) mass is 111 g/mol. The van der Waals surface area contributed by atoms with Crippen molar-refractivity contribution in [2.75, 3.05) is 6.54 Å². The highest BCUT2D eigenvalue weighted by molar-refractivity contribution is 5.53. The lowest BCUT2D eigenvalue weighted by Gasteiger charge is -1.78. The summed E-state index contributed by atoms with van der Waals surface area (Å²) < 4.78 is 0. The summed E-state index contributed by atoms with van der Waals surface area (Å²) in [7, 11) is 0. The molecule has 0 rings (SSSR count). The van der Waals surface area contributed by atoms with Gasteiger partial charge in [0.25, 0.3) is 0 Å². The summed E-state index contributed by atoms with van der Waals surface area (Å²) in [5.74, 6) is 0. The standard InChI is InChI=1S/C7H13N/c1-3-5-6-7-8-4-2/h4-6H,3,7H2,1-2H3. The van der Waals surface area contributed by atoms with Crippen LogP contribution in [0.1, 0.15) is 20.3 Å². The molecule has 0 heterocycles. The Kier molecular flexibility index (Phi) is 5.94. The highest BCUT2D eigenvalue weighted by atomic mass is 14.7. The summed E-state index contributed by atoms with van der Waals surface area (Å²) in [6, 6.07) is 0. The van der Waals surface area contributed by atoms with Crippen LogP contribution in [-0.2, 0) is 0 Å². The van der Waals surface area contributed by atoms with Crippen molar-refractivity contribution < 1.29 is 0 Å². The van der Waals surface area contributed by atoms with E-state index in [0.29, 0.717) is 0 Å². The molecule has 0 unspecified atom stereocenters. The molecule has 0 radical (unpaired) electrons. The van der Waals surface area contributed by atoms with Crippen LogP contribution >= 0.6 is 0 Å². The van der Waals surface area contributed by atoms with Crippen LogP contribution in [0.25, 0.3) is 0 Å². The van der Waals surface area contributed by atoms with Crippen molar-refractivity contribution in [2.24, 2.45) is 4.99 Å². The zero-order valence-corrected chi connectivity index (χ0v) is 5.59. The van der Waals surface area contributed by atoms with Crippen LogP contribution in [0, 0.1) is 0 Å². The molecule has 0 N–H and O–H groups in total. The molecule has 1 nitrogen and oxygen atoms in total. The Hall–Kier alpha value is -0.590. The molecule has 0 aromatic heterocycles. The van der Waals surface area contributed by atoms with Crippen LogP contribution in [0.5, 0.6) is 0 Å². The van der Waals surface area contributed by atoms with Crippen LogP contribution in [0.4, 0.5) is 0 Å². The van der Waals surface area contributed by atoms with Crippen molar-refractivity contribution in [2.45, 2.75) is 20.3 Å². The summed E-state index contributed by atoms with van der Waals surface area (Å²) in [5.41, 5.74) is 0. The normalized spacial score (nSPS) is 11.8. The van der Waals surface area contributed by atoms with E-state index in [-0.39, 0.29) is 0 Å². The average molecular weight is 111 g/mol. The zero-order chi connectivity index (χ0) is 6.24. The maximum atomic E-state index is 4.00. The molecule has 1 heteroatoms. The van der Waals surface area contributed by atoms with E-state index in [2.05, 4.69) is 24.1 Å². The minimum atomic E-state index is 0.838. The molecule has 8 heavy (non-hydrogen) atoms. The topological polar surface area (TPSA) is 12.4 Å². The van der Waals surface area contributed by atoms with Crippen LogP contribution < -0.4 is 0 Å². The highest BCUT2D eigenvalue weighted by Gasteiger charge is 1.65. The van der Waals surface area contributed by atoms with Gasteiger partial charge in [0.15, 0.2) is 0 Å². The van der Waals surface area contributed by atoms with Gasteiger partial charge in [-0.2, -0.15) is 0 Å². The molecular weight excluding hydrogens is 98.1 g/mol. The Morgan fingerprint density at radius 1 is 1.38 bits per heavy atom.